The summed E-state index contributed by atoms with van der Waals surface area (Å²) >= 11 is 0. The average Bonchev–Trinajstić information content (AvgIpc) is 2.04. The number of nitrogens with two attached hydrogens (primary N) is 1. The highest BCUT2D eigenvalue weighted by atomic mass is 35.5. The Morgan fingerprint density at radius 2 is 1.64 bits per heavy atom. The van der Waals surface area contributed by atoms with Crippen LogP contribution in [0, 0.1) is 5.92 Å². The minimum Gasteiger partial charge on any atom is -0.481 e. The largest absolute Gasteiger partial charge is 0.481 e. The van der Waals surface area contributed by atoms with Gasteiger partial charge in [-0.3, -0.25) is 9.59 Å². The number of aliphatic carboxylic acids is 2. The van der Waals surface area contributed by atoms with Crippen LogP contribution in [0.5, 0.6) is 0 Å². The predicted octanol–water partition coefficient (Wildman–Crippen LogP) is 0.465. The zero-order chi connectivity index (χ0) is 10.1. The predicted molar refractivity (Wildman–Crippen MR) is 51.4 cm³/mol. The lowest BCUT2D eigenvalue weighted by molar-refractivity contribution is -0.149. The molecule has 0 amide bonds. The van der Waals surface area contributed by atoms with Crippen LogP contribution in [0.3, 0.4) is 0 Å². The average molecular weight is 224 g/mol. The molecule has 5 nitrogen and oxygen atoms in total. The van der Waals surface area contributed by atoms with E-state index < -0.39 is 23.4 Å². The lowest BCUT2D eigenvalue weighted by atomic mass is 9.77. The maximum atomic E-state index is 10.7. The molecule has 0 heterocycles. The van der Waals surface area contributed by atoms with Crippen molar-refractivity contribution >= 4 is 24.3 Å². The summed E-state index contributed by atoms with van der Waals surface area (Å²) in [6.45, 7) is 0. The van der Waals surface area contributed by atoms with Crippen LogP contribution >= 0.6 is 12.4 Å². The Labute approximate surface area is 87.7 Å². The third-order valence-corrected chi connectivity index (χ3v) is 2.65. The standard InChI is InChI=1S/C8H13NO4.ClH/c9-8(7(12)13)3-1-5(2-4-8)6(10)11;/h5H,1-4,9H2,(H,10,11)(H,12,13);1H. The highest BCUT2D eigenvalue weighted by Crippen LogP contribution is 2.30. The fourth-order valence-electron chi connectivity index (χ4n) is 1.59. The fourth-order valence-corrected chi connectivity index (χ4v) is 1.59. The van der Waals surface area contributed by atoms with Gasteiger partial charge in [-0.05, 0) is 25.7 Å². The van der Waals surface area contributed by atoms with Crippen LogP contribution in [-0.4, -0.2) is 27.7 Å². The molecule has 0 saturated heterocycles. The van der Waals surface area contributed by atoms with E-state index in [4.69, 9.17) is 15.9 Å². The molecule has 0 atom stereocenters. The molecule has 0 aromatic carbocycles. The molecular weight excluding hydrogens is 210 g/mol. The zero-order valence-corrected chi connectivity index (χ0v) is 8.42. The van der Waals surface area contributed by atoms with E-state index in [1.54, 1.807) is 0 Å². The third kappa shape index (κ3) is 2.59. The van der Waals surface area contributed by atoms with Gasteiger partial charge in [0.25, 0.3) is 0 Å². The van der Waals surface area contributed by atoms with Crippen LogP contribution in [0.4, 0.5) is 0 Å². The Hall–Kier alpha value is -0.810. The molecule has 0 unspecified atom stereocenters. The highest BCUT2D eigenvalue weighted by Gasteiger charge is 2.39. The van der Waals surface area contributed by atoms with E-state index in [2.05, 4.69) is 0 Å². The van der Waals surface area contributed by atoms with Crippen LogP contribution in [0.15, 0.2) is 0 Å². The highest BCUT2D eigenvalue weighted by molar-refractivity contribution is 5.85. The Morgan fingerprint density at radius 3 is 1.93 bits per heavy atom. The van der Waals surface area contributed by atoms with E-state index in [9.17, 15) is 9.59 Å². The molecule has 1 saturated carbocycles. The van der Waals surface area contributed by atoms with Crippen LogP contribution in [-0.2, 0) is 9.59 Å². The van der Waals surface area contributed by atoms with Gasteiger partial charge < -0.3 is 15.9 Å². The first-order valence-electron chi connectivity index (χ1n) is 4.21. The van der Waals surface area contributed by atoms with E-state index in [0.29, 0.717) is 12.8 Å². The number of hydrogen-bond acceptors (Lipinski definition) is 3. The van der Waals surface area contributed by atoms with Gasteiger partial charge in [0.2, 0.25) is 0 Å². The fraction of sp³-hybridized carbons (Fsp3) is 0.750. The maximum Gasteiger partial charge on any atom is 0.323 e. The summed E-state index contributed by atoms with van der Waals surface area (Å²) in [5.41, 5.74) is 4.37. The van der Waals surface area contributed by atoms with Crippen molar-refractivity contribution in [3.05, 3.63) is 0 Å². The minimum absolute atomic E-state index is 0. The van der Waals surface area contributed by atoms with Gasteiger partial charge in [-0.25, -0.2) is 0 Å². The second-order valence-electron chi connectivity index (χ2n) is 3.57. The first-order chi connectivity index (χ1) is 5.96. The normalized spacial score (nSPS) is 31.6. The van der Waals surface area contributed by atoms with Crippen molar-refractivity contribution in [1.29, 1.82) is 0 Å². The van der Waals surface area contributed by atoms with Crippen LogP contribution < -0.4 is 5.73 Å². The van der Waals surface area contributed by atoms with Crippen molar-refractivity contribution in [2.75, 3.05) is 0 Å². The SMILES string of the molecule is Cl.NC1(C(=O)O)CCC(C(=O)O)CC1. The molecule has 0 radical (unpaired) electrons. The van der Waals surface area contributed by atoms with Crippen molar-refractivity contribution in [2.45, 2.75) is 31.2 Å². The summed E-state index contributed by atoms with van der Waals surface area (Å²) in [6.07, 6.45) is 1.22. The molecule has 82 valence electrons. The third-order valence-electron chi connectivity index (χ3n) is 2.65. The molecule has 1 rings (SSSR count). The van der Waals surface area contributed by atoms with Gasteiger partial charge in [0, 0.05) is 0 Å². The van der Waals surface area contributed by atoms with Gasteiger partial charge in [-0.1, -0.05) is 0 Å². The molecule has 0 aromatic rings. The van der Waals surface area contributed by atoms with E-state index in [-0.39, 0.29) is 25.2 Å². The first-order valence-corrected chi connectivity index (χ1v) is 4.21. The van der Waals surface area contributed by atoms with Gasteiger partial charge in [0.15, 0.2) is 0 Å². The summed E-state index contributed by atoms with van der Waals surface area (Å²) in [6, 6.07) is 0. The number of hydrogen-bond donors (Lipinski definition) is 3. The van der Waals surface area contributed by atoms with E-state index in [0.717, 1.165) is 0 Å². The van der Waals surface area contributed by atoms with Gasteiger partial charge in [0.05, 0.1) is 5.92 Å². The van der Waals surface area contributed by atoms with E-state index in [1.807, 2.05) is 0 Å². The molecule has 0 spiro atoms. The Morgan fingerprint density at radius 1 is 1.21 bits per heavy atom. The maximum absolute atomic E-state index is 10.7. The molecule has 0 aliphatic heterocycles. The molecule has 4 N–H and O–H groups in total. The quantitative estimate of drug-likeness (QED) is 0.632. The smallest absolute Gasteiger partial charge is 0.323 e. The second-order valence-corrected chi connectivity index (χ2v) is 3.57. The van der Waals surface area contributed by atoms with Crippen molar-refractivity contribution < 1.29 is 19.8 Å². The molecule has 1 aliphatic rings. The van der Waals surface area contributed by atoms with Crippen molar-refractivity contribution in [2.24, 2.45) is 11.7 Å². The topological polar surface area (TPSA) is 101 Å². The number of carboxylic acid groups (broad SMARTS) is 2. The summed E-state index contributed by atoms with van der Waals surface area (Å²) in [7, 11) is 0. The van der Waals surface area contributed by atoms with E-state index in [1.165, 1.54) is 0 Å². The van der Waals surface area contributed by atoms with Crippen molar-refractivity contribution in [3.8, 4) is 0 Å². The number of rotatable bonds is 2. The van der Waals surface area contributed by atoms with Gasteiger partial charge in [-0.2, -0.15) is 0 Å². The number of carboxylic acids is 2. The Balaban J connectivity index is 0.00000169. The molecule has 6 heteroatoms. The molecule has 1 fully saturated rings. The minimum atomic E-state index is -1.20. The summed E-state index contributed by atoms with van der Waals surface area (Å²) in [5.74, 6) is -2.31. The zero-order valence-electron chi connectivity index (χ0n) is 7.60. The van der Waals surface area contributed by atoms with Gasteiger partial charge >= 0.3 is 11.9 Å². The molecular formula is C8H14ClNO4. The lowest BCUT2D eigenvalue weighted by Crippen LogP contribution is -2.51. The van der Waals surface area contributed by atoms with Crippen molar-refractivity contribution in [1.82, 2.24) is 0 Å². The monoisotopic (exact) mass is 223 g/mol. The van der Waals surface area contributed by atoms with Crippen LogP contribution in [0.1, 0.15) is 25.7 Å². The molecule has 1 aliphatic carbocycles. The van der Waals surface area contributed by atoms with Gasteiger partial charge in [0.1, 0.15) is 5.54 Å². The molecule has 0 bridgehead atoms. The van der Waals surface area contributed by atoms with E-state index >= 15 is 0 Å². The lowest BCUT2D eigenvalue weighted by Gasteiger charge is -2.31. The van der Waals surface area contributed by atoms with Gasteiger partial charge in [-0.15, -0.1) is 12.4 Å². The van der Waals surface area contributed by atoms with Crippen molar-refractivity contribution in [3.63, 3.8) is 0 Å². The summed E-state index contributed by atoms with van der Waals surface area (Å²) in [4.78, 5) is 21.2. The number of halogens is 1. The number of carbonyl (C=O) groups is 2. The molecule has 14 heavy (non-hydrogen) atoms. The van der Waals surface area contributed by atoms with Crippen LogP contribution in [0.2, 0.25) is 0 Å². The second kappa shape index (κ2) is 4.61. The Bertz CT molecular complexity index is 235. The summed E-state index contributed by atoms with van der Waals surface area (Å²) in [5, 5.41) is 17.4. The first kappa shape index (κ1) is 13.2. The Kier molecular flexibility index (Phi) is 4.35. The van der Waals surface area contributed by atoms with Crippen LogP contribution in [0.25, 0.3) is 0 Å². The summed E-state index contributed by atoms with van der Waals surface area (Å²) < 4.78 is 0. The molecule has 0 aromatic heterocycles.